The van der Waals surface area contributed by atoms with E-state index in [0.717, 1.165) is 10.8 Å². The number of hydrogen-bond donors (Lipinski definition) is 1. The zero-order valence-electron chi connectivity index (χ0n) is 6.48. The summed E-state index contributed by atoms with van der Waals surface area (Å²) >= 11 is 0. The zero-order valence-corrected chi connectivity index (χ0v) is 6.48. The molecule has 3 fully saturated rings. The molecule has 2 heterocycles. The highest BCUT2D eigenvalue weighted by Crippen LogP contribution is 2.69. The topological polar surface area (TPSA) is 15.3 Å². The third-order valence-corrected chi connectivity index (χ3v) is 3.75. The molecule has 0 aromatic carbocycles. The number of hydrogen-bond acceptors (Lipinski definition) is 2. The molecule has 2 aliphatic heterocycles. The minimum absolute atomic E-state index is 0.738. The first-order valence-corrected chi connectivity index (χ1v) is 4.16. The van der Waals surface area contributed by atoms with E-state index in [9.17, 15) is 0 Å². The molecule has 0 bridgehead atoms. The van der Waals surface area contributed by atoms with E-state index in [-0.39, 0.29) is 0 Å². The zero-order chi connectivity index (χ0) is 6.82. The molecular weight excluding hydrogens is 124 g/mol. The highest BCUT2D eigenvalue weighted by Gasteiger charge is 2.73. The van der Waals surface area contributed by atoms with Crippen LogP contribution in [-0.4, -0.2) is 38.1 Å². The van der Waals surface area contributed by atoms with Gasteiger partial charge >= 0.3 is 0 Å². The van der Waals surface area contributed by atoms with Gasteiger partial charge in [0.05, 0.1) is 0 Å². The van der Waals surface area contributed by atoms with Crippen molar-refractivity contribution in [1.29, 1.82) is 0 Å². The Bertz CT molecular complexity index is 166. The first-order chi connectivity index (χ1) is 4.77. The highest BCUT2D eigenvalue weighted by atomic mass is 15.2. The van der Waals surface area contributed by atoms with Crippen LogP contribution in [0.5, 0.6) is 0 Å². The fourth-order valence-electron chi connectivity index (χ4n) is 3.29. The Labute approximate surface area is 61.6 Å². The first-order valence-electron chi connectivity index (χ1n) is 4.16. The third kappa shape index (κ3) is 0.397. The summed E-state index contributed by atoms with van der Waals surface area (Å²) in [5, 5.41) is 3.50. The van der Waals surface area contributed by atoms with Gasteiger partial charge in [-0.3, -0.25) is 0 Å². The smallest absolute Gasteiger partial charge is 0.00539 e. The van der Waals surface area contributed by atoms with Crippen LogP contribution in [0.25, 0.3) is 0 Å². The summed E-state index contributed by atoms with van der Waals surface area (Å²) < 4.78 is 0. The van der Waals surface area contributed by atoms with E-state index in [1.807, 2.05) is 0 Å². The van der Waals surface area contributed by atoms with Crippen LogP contribution in [0.4, 0.5) is 0 Å². The van der Waals surface area contributed by atoms with Gasteiger partial charge < -0.3 is 10.2 Å². The molecule has 2 atom stereocenters. The Kier molecular flexibility index (Phi) is 0.710. The van der Waals surface area contributed by atoms with Gasteiger partial charge in [-0.2, -0.15) is 0 Å². The predicted molar refractivity (Wildman–Crippen MR) is 39.8 cm³/mol. The molecule has 2 heteroatoms. The van der Waals surface area contributed by atoms with Gasteiger partial charge in [0.1, 0.15) is 0 Å². The second kappa shape index (κ2) is 1.28. The summed E-state index contributed by atoms with van der Waals surface area (Å²) in [7, 11) is 2.25. The molecule has 0 spiro atoms. The molecule has 3 aliphatic rings. The van der Waals surface area contributed by atoms with E-state index in [1.165, 1.54) is 32.6 Å². The Morgan fingerprint density at radius 1 is 1.20 bits per heavy atom. The van der Waals surface area contributed by atoms with E-state index in [4.69, 9.17) is 0 Å². The SMILES string of the molecule is CN1CC23CNC[C@]2(C1)C3. The molecule has 2 saturated heterocycles. The Hall–Kier alpha value is -0.0800. The molecule has 1 saturated carbocycles. The van der Waals surface area contributed by atoms with Crippen LogP contribution in [0.15, 0.2) is 0 Å². The average Bonchev–Trinajstić information content (AvgIpc) is 2.15. The summed E-state index contributed by atoms with van der Waals surface area (Å²) in [4.78, 5) is 2.49. The van der Waals surface area contributed by atoms with Gasteiger partial charge in [0.25, 0.3) is 0 Å². The van der Waals surface area contributed by atoms with E-state index < -0.39 is 0 Å². The number of piperidine rings is 2. The summed E-state index contributed by atoms with van der Waals surface area (Å²) in [6.07, 6.45) is 1.51. The molecule has 56 valence electrons. The van der Waals surface area contributed by atoms with Gasteiger partial charge in [-0.05, 0) is 13.5 Å². The van der Waals surface area contributed by atoms with Gasteiger partial charge in [-0.25, -0.2) is 0 Å². The van der Waals surface area contributed by atoms with Crippen molar-refractivity contribution in [3.63, 3.8) is 0 Å². The molecule has 3 rings (SSSR count). The molecule has 10 heavy (non-hydrogen) atoms. The van der Waals surface area contributed by atoms with Crippen LogP contribution < -0.4 is 5.32 Å². The van der Waals surface area contributed by atoms with Gasteiger partial charge in [0.2, 0.25) is 0 Å². The third-order valence-electron chi connectivity index (χ3n) is 3.75. The summed E-state index contributed by atoms with van der Waals surface area (Å²) in [6, 6.07) is 0. The number of nitrogens with one attached hydrogen (secondary N) is 1. The molecule has 1 unspecified atom stereocenters. The second-order valence-corrected chi connectivity index (χ2v) is 4.51. The van der Waals surface area contributed by atoms with Crippen molar-refractivity contribution in [3.05, 3.63) is 0 Å². The van der Waals surface area contributed by atoms with Gasteiger partial charge in [-0.15, -0.1) is 0 Å². The molecule has 2 nitrogen and oxygen atoms in total. The van der Waals surface area contributed by atoms with Crippen LogP contribution in [0.2, 0.25) is 0 Å². The Morgan fingerprint density at radius 2 is 1.80 bits per heavy atom. The van der Waals surface area contributed by atoms with Crippen LogP contribution in [0.1, 0.15) is 6.42 Å². The fraction of sp³-hybridized carbons (Fsp3) is 1.00. The van der Waals surface area contributed by atoms with Crippen LogP contribution in [0.3, 0.4) is 0 Å². The van der Waals surface area contributed by atoms with E-state index in [2.05, 4.69) is 17.3 Å². The van der Waals surface area contributed by atoms with Gasteiger partial charge in [0.15, 0.2) is 0 Å². The van der Waals surface area contributed by atoms with Crippen molar-refractivity contribution in [3.8, 4) is 0 Å². The van der Waals surface area contributed by atoms with E-state index in [0.29, 0.717) is 0 Å². The molecule has 1 aliphatic carbocycles. The van der Waals surface area contributed by atoms with E-state index >= 15 is 0 Å². The van der Waals surface area contributed by atoms with Gasteiger partial charge in [-0.1, -0.05) is 0 Å². The number of rotatable bonds is 0. The van der Waals surface area contributed by atoms with Crippen molar-refractivity contribution >= 4 is 0 Å². The predicted octanol–water partition coefficient (Wildman–Crippen LogP) is -0.0885. The maximum Gasteiger partial charge on any atom is 0.00539 e. The van der Waals surface area contributed by atoms with Crippen LogP contribution in [0, 0.1) is 10.8 Å². The lowest BCUT2D eigenvalue weighted by Crippen LogP contribution is -2.30. The molecular formula is C8H14N2. The summed E-state index contributed by atoms with van der Waals surface area (Å²) in [6.45, 7) is 5.27. The first kappa shape index (κ1) is 5.56. The molecule has 1 N–H and O–H groups in total. The van der Waals surface area contributed by atoms with Gasteiger partial charge in [0, 0.05) is 37.0 Å². The van der Waals surface area contributed by atoms with Crippen molar-refractivity contribution in [2.75, 3.05) is 33.2 Å². The number of nitrogens with zero attached hydrogens (tertiary/aromatic N) is 1. The Balaban J connectivity index is 1.97. The van der Waals surface area contributed by atoms with Crippen LogP contribution in [-0.2, 0) is 0 Å². The van der Waals surface area contributed by atoms with Crippen LogP contribution >= 0.6 is 0 Å². The lowest BCUT2D eigenvalue weighted by molar-refractivity contribution is 0.306. The second-order valence-electron chi connectivity index (χ2n) is 4.51. The molecule has 0 aromatic heterocycles. The van der Waals surface area contributed by atoms with Crippen molar-refractivity contribution in [2.24, 2.45) is 10.8 Å². The maximum absolute atomic E-state index is 3.50. The minimum Gasteiger partial charge on any atom is -0.315 e. The minimum atomic E-state index is 0.738. The largest absolute Gasteiger partial charge is 0.315 e. The van der Waals surface area contributed by atoms with Crippen molar-refractivity contribution in [1.82, 2.24) is 10.2 Å². The highest BCUT2D eigenvalue weighted by molar-refractivity contribution is 5.25. The molecule has 0 aromatic rings. The molecule has 0 radical (unpaired) electrons. The maximum atomic E-state index is 3.50. The lowest BCUT2D eigenvalue weighted by Gasteiger charge is -2.17. The Morgan fingerprint density at radius 3 is 2.40 bits per heavy atom. The summed E-state index contributed by atoms with van der Waals surface area (Å²) in [5.41, 5.74) is 1.48. The number of likely N-dealkylation sites (tertiary alicyclic amines) is 1. The lowest BCUT2D eigenvalue weighted by atomic mass is 10.0. The molecule has 0 amide bonds. The quantitative estimate of drug-likeness (QED) is 0.503. The van der Waals surface area contributed by atoms with Crippen molar-refractivity contribution < 1.29 is 0 Å². The monoisotopic (exact) mass is 138 g/mol. The average molecular weight is 138 g/mol. The van der Waals surface area contributed by atoms with Crippen molar-refractivity contribution in [2.45, 2.75) is 6.42 Å². The normalized spacial score (nSPS) is 58.5. The fourth-order valence-corrected chi connectivity index (χ4v) is 3.29. The summed E-state index contributed by atoms with van der Waals surface area (Å²) in [5.74, 6) is 0. The van der Waals surface area contributed by atoms with E-state index in [1.54, 1.807) is 0 Å². The standard InChI is InChI=1S/C8H14N2/c1-10-5-7-2-8(7,6-10)4-9-3-7/h9H,2-6H2,1H3/t7-,8?/m0/s1.